The number of rotatable bonds is 5. The maximum absolute atomic E-state index is 12.7. The van der Waals surface area contributed by atoms with E-state index in [1.165, 1.54) is 16.9 Å². The van der Waals surface area contributed by atoms with Crippen molar-refractivity contribution in [2.45, 2.75) is 32.4 Å². The quantitative estimate of drug-likeness (QED) is 0.596. The molecule has 4 rings (SSSR count). The standard InChI is InChI=1S/C21H20N2O3S2/c1-14(21(25)23-8-6-15-4-2-3-5-16(15)11-23)26-19(24)10-18-13-28-20(22-18)17-7-9-27-12-17/h2-5,7,9,12-14H,6,8,10-11H2,1H3/t14-/m1/s1. The molecule has 0 fully saturated rings. The number of benzene rings is 1. The molecule has 1 aromatic carbocycles. The zero-order valence-corrected chi connectivity index (χ0v) is 17.1. The van der Waals surface area contributed by atoms with Crippen LogP contribution in [0.1, 0.15) is 23.7 Å². The van der Waals surface area contributed by atoms with Gasteiger partial charge in [0.25, 0.3) is 5.91 Å². The molecular weight excluding hydrogens is 392 g/mol. The van der Waals surface area contributed by atoms with Gasteiger partial charge in [0.2, 0.25) is 0 Å². The van der Waals surface area contributed by atoms with Crippen LogP contribution in [0.4, 0.5) is 0 Å². The highest BCUT2D eigenvalue weighted by atomic mass is 32.1. The monoisotopic (exact) mass is 412 g/mol. The van der Waals surface area contributed by atoms with Crippen LogP contribution in [0, 0.1) is 0 Å². The molecule has 0 N–H and O–H groups in total. The van der Waals surface area contributed by atoms with Crippen LogP contribution in [0.15, 0.2) is 46.5 Å². The van der Waals surface area contributed by atoms with E-state index in [0.29, 0.717) is 18.8 Å². The summed E-state index contributed by atoms with van der Waals surface area (Å²) >= 11 is 3.11. The number of hydrogen-bond acceptors (Lipinski definition) is 6. The minimum Gasteiger partial charge on any atom is -0.452 e. The van der Waals surface area contributed by atoms with Crippen molar-refractivity contribution >= 4 is 34.6 Å². The molecule has 0 bridgehead atoms. The van der Waals surface area contributed by atoms with Crippen LogP contribution in [0.3, 0.4) is 0 Å². The summed E-state index contributed by atoms with van der Waals surface area (Å²) in [5.41, 5.74) is 4.16. The number of thiophene rings is 1. The zero-order chi connectivity index (χ0) is 19.5. The molecule has 7 heteroatoms. The number of esters is 1. The van der Waals surface area contributed by atoms with E-state index in [-0.39, 0.29) is 12.3 Å². The zero-order valence-electron chi connectivity index (χ0n) is 15.5. The van der Waals surface area contributed by atoms with Gasteiger partial charge in [-0.2, -0.15) is 11.3 Å². The van der Waals surface area contributed by atoms with E-state index in [2.05, 4.69) is 11.1 Å². The SMILES string of the molecule is C[C@@H](OC(=O)Cc1csc(-c2ccsc2)n1)C(=O)N1CCc2ccccc2C1. The predicted molar refractivity (Wildman–Crippen MR) is 110 cm³/mol. The largest absolute Gasteiger partial charge is 0.452 e. The van der Waals surface area contributed by atoms with Gasteiger partial charge < -0.3 is 9.64 Å². The van der Waals surface area contributed by atoms with E-state index in [9.17, 15) is 9.59 Å². The van der Waals surface area contributed by atoms with E-state index in [0.717, 1.165) is 22.6 Å². The summed E-state index contributed by atoms with van der Waals surface area (Å²) in [6.07, 6.45) is 0.0983. The van der Waals surface area contributed by atoms with Gasteiger partial charge in [-0.1, -0.05) is 24.3 Å². The number of thiazole rings is 1. The Kier molecular flexibility index (Phi) is 5.54. The van der Waals surface area contributed by atoms with Crippen molar-refractivity contribution in [3.8, 4) is 10.6 Å². The van der Waals surface area contributed by atoms with Crippen LogP contribution in [0.5, 0.6) is 0 Å². The number of hydrogen-bond donors (Lipinski definition) is 0. The molecule has 144 valence electrons. The fourth-order valence-electron chi connectivity index (χ4n) is 3.28. The topological polar surface area (TPSA) is 59.5 Å². The third-order valence-corrected chi connectivity index (χ3v) is 6.37. The number of nitrogens with zero attached hydrogens (tertiary/aromatic N) is 2. The number of ether oxygens (including phenoxy) is 1. The Balaban J connectivity index is 1.32. The summed E-state index contributed by atoms with van der Waals surface area (Å²) < 4.78 is 5.39. The molecular formula is C21H20N2O3S2. The molecule has 0 aliphatic carbocycles. The molecule has 5 nitrogen and oxygen atoms in total. The number of aromatic nitrogens is 1. The molecule has 0 saturated heterocycles. The number of carbonyl (C=O) groups excluding carboxylic acids is 2. The minimum atomic E-state index is -0.798. The molecule has 1 aliphatic heterocycles. The lowest BCUT2D eigenvalue weighted by molar-refractivity contribution is -0.159. The molecule has 28 heavy (non-hydrogen) atoms. The lowest BCUT2D eigenvalue weighted by Gasteiger charge is -2.30. The number of fused-ring (bicyclic) bond motifs is 1. The highest BCUT2D eigenvalue weighted by molar-refractivity contribution is 7.14. The van der Waals surface area contributed by atoms with Gasteiger partial charge in [0, 0.05) is 29.4 Å². The Hall–Kier alpha value is -2.51. The van der Waals surface area contributed by atoms with Crippen LogP contribution >= 0.6 is 22.7 Å². The van der Waals surface area contributed by atoms with E-state index in [1.54, 1.807) is 23.2 Å². The van der Waals surface area contributed by atoms with Crippen LogP contribution < -0.4 is 0 Å². The summed E-state index contributed by atoms with van der Waals surface area (Å²) in [4.78, 5) is 31.2. The number of carbonyl (C=O) groups is 2. The van der Waals surface area contributed by atoms with Gasteiger partial charge in [-0.3, -0.25) is 9.59 Å². The third kappa shape index (κ3) is 4.15. The van der Waals surface area contributed by atoms with Crippen molar-refractivity contribution in [2.24, 2.45) is 0 Å². The van der Waals surface area contributed by atoms with Gasteiger partial charge in [0.05, 0.1) is 12.1 Å². The Morgan fingerprint density at radius 2 is 2.04 bits per heavy atom. The summed E-state index contributed by atoms with van der Waals surface area (Å²) in [7, 11) is 0. The van der Waals surface area contributed by atoms with Gasteiger partial charge in [-0.05, 0) is 35.9 Å². The van der Waals surface area contributed by atoms with Gasteiger partial charge in [-0.15, -0.1) is 11.3 Å². The smallest absolute Gasteiger partial charge is 0.312 e. The molecule has 0 radical (unpaired) electrons. The maximum atomic E-state index is 12.7. The van der Waals surface area contributed by atoms with Crippen LogP contribution in [0.25, 0.3) is 10.6 Å². The van der Waals surface area contributed by atoms with Crippen molar-refractivity contribution in [1.82, 2.24) is 9.88 Å². The average molecular weight is 413 g/mol. The fourth-order valence-corrected chi connectivity index (χ4v) is 4.82. The summed E-state index contributed by atoms with van der Waals surface area (Å²) in [6.45, 7) is 2.85. The second-order valence-electron chi connectivity index (χ2n) is 6.74. The molecule has 2 aromatic heterocycles. The first kappa shape index (κ1) is 18.8. The second kappa shape index (κ2) is 8.24. The molecule has 1 aliphatic rings. The van der Waals surface area contributed by atoms with Crippen molar-refractivity contribution < 1.29 is 14.3 Å². The first-order valence-electron chi connectivity index (χ1n) is 9.12. The molecule has 0 spiro atoms. The minimum absolute atomic E-state index is 0.0705. The van der Waals surface area contributed by atoms with Gasteiger partial charge in [0.15, 0.2) is 6.10 Å². The fraction of sp³-hybridized carbons (Fsp3) is 0.286. The van der Waals surface area contributed by atoms with Crippen molar-refractivity contribution in [1.29, 1.82) is 0 Å². The van der Waals surface area contributed by atoms with E-state index in [4.69, 9.17) is 4.74 Å². The Morgan fingerprint density at radius 3 is 2.82 bits per heavy atom. The summed E-state index contributed by atoms with van der Waals surface area (Å²) in [5.74, 6) is -0.583. The van der Waals surface area contributed by atoms with Crippen molar-refractivity contribution in [3.63, 3.8) is 0 Å². The van der Waals surface area contributed by atoms with Crippen molar-refractivity contribution in [3.05, 3.63) is 63.3 Å². The Morgan fingerprint density at radius 1 is 1.21 bits per heavy atom. The van der Waals surface area contributed by atoms with Gasteiger partial charge in [-0.25, -0.2) is 4.98 Å². The summed E-state index contributed by atoms with van der Waals surface area (Å²) in [6, 6.07) is 10.1. The second-order valence-corrected chi connectivity index (χ2v) is 8.38. The maximum Gasteiger partial charge on any atom is 0.312 e. The number of amides is 1. The molecule has 1 atom stereocenters. The first-order valence-corrected chi connectivity index (χ1v) is 10.9. The molecule has 3 heterocycles. The van der Waals surface area contributed by atoms with Crippen molar-refractivity contribution in [2.75, 3.05) is 6.54 Å². The first-order chi connectivity index (χ1) is 13.6. The highest BCUT2D eigenvalue weighted by Crippen LogP contribution is 2.26. The summed E-state index contributed by atoms with van der Waals surface area (Å²) in [5, 5.41) is 6.78. The Bertz CT molecular complexity index is 981. The average Bonchev–Trinajstić information content (AvgIpc) is 3.38. The van der Waals surface area contributed by atoms with Gasteiger partial charge in [0.1, 0.15) is 5.01 Å². The van der Waals surface area contributed by atoms with Crippen LogP contribution in [0.2, 0.25) is 0 Å². The van der Waals surface area contributed by atoms with E-state index in [1.807, 2.05) is 40.4 Å². The highest BCUT2D eigenvalue weighted by Gasteiger charge is 2.27. The predicted octanol–water partition coefficient (Wildman–Crippen LogP) is 3.93. The molecule has 1 amide bonds. The lowest BCUT2D eigenvalue weighted by Crippen LogP contribution is -2.42. The third-order valence-electron chi connectivity index (χ3n) is 4.74. The van der Waals surface area contributed by atoms with E-state index >= 15 is 0 Å². The molecule has 3 aromatic rings. The molecule has 0 saturated carbocycles. The lowest BCUT2D eigenvalue weighted by atomic mass is 9.99. The van der Waals surface area contributed by atoms with Crippen LogP contribution in [-0.2, 0) is 33.7 Å². The normalized spacial score (nSPS) is 14.4. The van der Waals surface area contributed by atoms with E-state index < -0.39 is 12.1 Å². The molecule has 0 unspecified atom stereocenters. The van der Waals surface area contributed by atoms with Crippen LogP contribution in [-0.4, -0.2) is 34.4 Å². The van der Waals surface area contributed by atoms with Gasteiger partial charge >= 0.3 is 5.97 Å². The Labute approximate surface area is 171 Å².